The average molecular weight is 254 g/mol. The first kappa shape index (κ1) is 14.3. The van der Waals surface area contributed by atoms with E-state index in [1.54, 1.807) is 0 Å². The van der Waals surface area contributed by atoms with Crippen LogP contribution < -0.4 is 5.73 Å². The van der Waals surface area contributed by atoms with Crippen LogP contribution >= 0.6 is 0 Å². The van der Waals surface area contributed by atoms with Gasteiger partial charge in [-0.05, 0) is 57.5 Å². The van der Waals surface area contributed by atoms with Gasteiger partial charge in [-0.1, -0.05) is 13.8 Å². The molecule has 0 aromatic carbocycles. The van der Waals surface area contributed by atoms with E-state index in [2.05, 4.69) is 18.7 Å². The first-order valence-corrected chi connectivity index (χ1v) is 7.83. The van der Waals surface area contributed by atoms with Crippen LogP contribution in [0.1, 0.15) is 52.4 Å². The molecule has 0 aliphatic carbocycles. The number of nitrogens with zero attached hydrogens (tertiary/aromatic N) is 1. The third kappa shape index (κ3) is 2.59. The minimum absolute atomic E-state index is 0.210. The molecule has 0 spiro atoms. The van der Waals surface area contributed by atoms with Crippen molar-refractivity contribution in [1.82, 2.24) is 4.90 Å². The lowest BCUT2D eigenvalue weighted by Gasteiger charge is -2.48. The molecule has 2 saturated heterocycles. The first-order chi connectivity index (χ1) is 8.74. The summed E-state index contributed by atoms with van der Waals surface area (Å²) in [5.74, 6) is 0.555. The van der Waals surface area contributed by atoms with Crippen molar-refractivity contribution in [2.45, 2.75) is 64.0 Å². The third-order valence-corrected chi connectivity index (χ3v) is 5.28. The number of likely N-dealkylation sites (tertiary alicyclic amines) is 1. The molecule has 2 heterocycles. The SMILES string of the molecule is CCC(CC)(C(N)C1CCCOC1)N1CCCC1. The zero-order valence-corrected chi connectivity index (χ0v) is 12.2. The van der Waals surface area contributed by atoms with Crippen molar-refractivity contribution in [2.75, 3.05) is 26.3 Å². The highest BCUT2D eigenvalue weighted by molar-refractivity contribution is 5.01. The first-order valence-electron chi connectivity index (χ1n) is 7.83. The number of ether oxygens (including phenoxy) is 1. The summed E-state index contributed by atoms with van der Waals surface area (Å²) in [5.41, 5.74) is 6.92. The van der Waals surface area contributed by atoms with Gasteiger partial charge in [0.05, 0.1) is 6.61 Å². The monoisotopic (exact) mass is 254 g/mol. The van der Waals surface area contributed by atoms with Gasteiger partial charge in [0.2, 0.25) is 0 Å². The van der Waals surface area contributed by atoms with E-state index in [9.17, 15) is 0 Å². The molecular weight excluding hydrogens is 224 g/mol. The van der Waals surface area contributed by atoms with E-state index < -0.39 is 0 Å². The van der Waals surface area contributed by atoms with Gasteiger partial charge in [-0.3, -0.25) is 4.90 Å². The molecule has 2 aliphatic heterocycles. The summed E-state index contributed by atoms with van der Waals surface area (Å²) in [5, 5.41) is 0. The topological polar surface area (TPSA) is 38.5 Å². The number of rotatable bonds is 5. The van der Waals surface area contributed by atoms with Crippen molar-refractivity contribution in [2.24, 2.45) is 11.7 Å². The van der Waals surface area contributed by atoms with Crippen molar-refractivity contribution in [1.29, 1.82) is 0 Å². The van der Waals surface area contributed by atoms with Crippen molar-refractivity contribution in [3.05, 3.63) is 0 Å². The zero-order valence-electron chi connectivity index (χ0n) is 12.2. The van der Waals surface area contributed by atoms with Gasteiger partial charge in [0.15, 0.2) is 0 Å². The summed E-state index contributed by atoms with van der Waals surface area (Å²) in [6.45, 7) is 8.90. The van der Waals surface area contributed by atoms with Crippen LogP contribution in [-0.4, -0.2) is 42.8 Å². The highest BCUT2D eigenvalue weighted by Crippen LogP contribution is 2.35. The standard InChI is InChI=1S/C15H30N2O/c1-3-15(4-2,17-9-5-6-10-17)14(16)13-8-7-11-18-12-13/h13-14H,3-12,16H2,1-2H3. The van der Waals surface area contributed by atoms with Crippen molar-refractivity contribution >= 4 is 0 Å². The minimum Gasteiger partial charge on any atom is -0.381 e. The molecule has 2 rings (SSSR count). The summed E-state index contributed by atoms with van der Waals surface area (Å²) >= 11 is 0. The molecular formula is C15H30N2O. The molecule has 3 nitrogen and oxygen atoms in total. The van der Waals surface area contributed by atoms with E-state index in [-0.39, 0.29) is 11.6 Å². The van der Waals surface area contributed by atoms with Crippen LogP contribution in [0.5, 0.6) is 0 Å². The second-order valence-electron chi connectivity index (χ2n) is 6.01. The molecule has 106 valence electrons. The fraction of sp³-hybridized carbons (Fsp3) is 1.00. The minimum atomic E-state index is 0.210. The van der Waals surface area contributed by atoms with Crippen LogP contribution in [0.2, 0.25) is 0 Å². The summed E-state index contributed by atoms with van der Waals surface area (Å²) in [6, 6.07) is 0.269. The molecule has 2 atom stereocenters. The van der Waals surface area contributed by atoms with Crippen LogP contribution in [0.15, 0.2) is 0 Å². The Bertz CT molecular complexity index is 241. The molecule has 2 N–H and O–H groups in total. The molecule has 2 fully saturated rings. The predicted octanol–water partition coefficient (Wildman–Crippen LogP) is 2.39. The summed E-state index contributed by atoms with van der Waals surface area (Å²) < 4.78 is 5.65. The molecule has 0 aromatic heterocycles. The Morgan fingerprint density at radius 2 is 1.89 bits per heavy atom. The van der Waals surface area contributed by atoms with Crippen LogP contribution in [0.25, 0.3) is 0 Å². The molecule has 3 heteroatoms. The second-order valence-corrected chi connectivity index (χ2v) is 6.01. The molecule has 0 amide bonds. The molecule has 0 bridgehead atoms. The fourth-order valence-corrected chi connectivity index (χ4v) is 4.03. The summed E-state index contributed by atoms with van der Waals surface area (Å²) in [6.07, 6.45) is 7.45. The van der Waals surface area contributed by atoms with Crippen LogP contribution in [0.4, 0.5) is 0 Å². The van der Waals surface area contributed by atoms with E-state index >= 15 is 0 Å². The largest absolute Gasteiger partial charge is 0.381 e. The van der Waals surface area contributed by atoms with Crippen molar-refractivity contribution in [3.8, 4) is 0 Å². The smallest absolute Gasteiger partial charge is 0.0509 e. The number of hydrogen-bond acceptors (Lipinski definition) is 3. The van der Waals surface area contributed by atoms with Gasteiger partial charge in [-0.2, -0.15) is 0 Å². The van der Waals surface area contributed by atoms with Gasteiger partial charge in [0.25, 0.3) is 0 Å². The lowest BCUT2D eigenvalue weighted by Crippen LogP contribution is -2.62. The predicted molar refractivity (Wildman–Crippen MR) is 75.6 cm³/mol. The zero-order chi connectivity index (χ0) is 13.0. The van der Waals surface area contributed by atoms with E-state index in [0.717, 1.165) is 13.2 Å². The van der Waals surface area contributed by atoms with Gasteiger partial charge >= 0.3 is 0 Å². The Kier molecular flexibility index (Phi) is 5.05. The molecule has 18 heavy (non-hydrogen) atoms. The quantitative estimate of drug-likeness (QED) is 0.819. The Morgan fingerprint density at radius 3 is 2.39 bits per heavy atom. The lowest BCUT2D eigenvalue weighted by molar-refractivity contribution is -0.00652. The highest BCUT2D eigenvalue weighted by Gasteiger charge is 2.43. The normalized spacial score (nSPS) is 28.5. The summed E-state index contributed by atoms with van der Waals surface area (Å²) in [7, 11) is 0. The van der Waals surface area contributed by atoms with Gasteiger partial charge in [0, 0.05) is 18.2 Å². The average Bonchev–Trinajstić information content (AvgIpc) is 2.96. The Labute approximate surface area is 112 Å². The maximum atomic E-state index is 6.71. The van der Waals surface area contributed by atoms with Crippen LogP contribution in [0, 0.1) is 5.92 Å². The van der Waals surface area contributed by atoms with E-state index in [1.807, 2.05) is 0 Å². The van der Waals surface area contributed by atoms with Gasteiger partial charge < -0.3 is 10.5 Å². The fourth-order valence-electron chi connectivity index (χ4n) is 4.03. The van der Waals surface area contributed by atoms with Crippen LogP contribution in [-0.2, 0) is 4.74 Å². The van der Waals surface area contributed by atoms with E-state index in [4.69, 9.17) is 10.5 Å². The molecule has 2 unspecified atom stereocenters. The number of nitrogens with two attached hydrogens (primary N) is 1. The summed E-state index contributed by atoms with van der Waals surface area (Å²) in [4.78, 5) is 2.67. The third-order valence-electron chi connectivity index (χ3n) is 5.28. The van der Waals surface area contributed by atoms with Gasteiger partial charge in [0.1, 0.15) is 0 Å². The highest BCUT2D eigenvalue weighted by atomic mass is 16.5. The molecule has 2 aliphatic rings. The Morgan fingerprint density at radius 1 is 1.22 bits per heavy atom. The molecule has 0 aromatic rings. The van der Waals surface area contributed by atoms with E-state index in [0.29, 0.717) is 5.92 Å². The molecule has 0 radical (unpaired) electrons. The Hall–Kier alpha value is -0.120. The van der Waals surface area contributed by atoms with Gasteiger partial charge in [-0.25, -0.2) is 0 Å². The maximum absolute atomic E-state index is 6.71. The second kappa shape index (κ2) is 6.36. The van der Waals surface area contributed by atoms with Crippen molar-refractivity contribution in [3.63, 3.8) is 0 Å². The van der Waals surface area contributed by atoms with Gasteiger partial charge in [-0.15, -0.1) is 0 Å². The molecule has 0 saturated carbocycles. The number of hydrogen-bond donors (Lipinski definition) is 1. The van der Waals surface area contributed by atoms with E-state index in [1.165, 1.54) is 51.6 Å². The van der Waals surface area contributed by atoms with Crippen LogP contribution in [0.3, 0.4) is 0 Å². The lowest BCUT2D eigenvalue weighted by atomic mass is 9.75. The maximum Gasteiger partial charge on any atom is 0.0509 e. The van der Waals surface area contributed by atoms with Crippen molar-refractivity contribution < 1.29 is 4.74 Å². The Balaban J connectivity index is 2.11.